The Morgan fingerprint density at radius 1 is 0.917 bits per heavy atom. The Hall–Kier alpha value is -3.75. The molecule has 3 heterocycles. The first-order valence-electron chi connectivity index (χ1n) is 12.2. The van der Waals surface area contributed by atoms with Gasteiger partial charge in [0.15, 0.2) is 11.5 Å². The lowest BCUT2D eigenvalue weighted by Gasteiger charge is -2.26. The van der Waals surface area contributed by atoms with E-state index in [2.05, 4.69) is 15.1 Å². The van der Waals surface area contributed by atoms with Gasteiger partial charge in [0.25, 0.3) is 0 Å². The highest BCUT2D eigenvalue weighted by Crippen LogP contribution is 2.31. The van der Waals surface area contributed by atoms with Crippen LogP contribution >= 0.6 is 0 Å². The van der Waals surface area contributed by atoms with Gasteiger partial charge in [-0.25, -0.2) is 0 Å². The number of rotatable bonds is 9. The molecule has 8 heteroatoms. The molecule has 3 aromatic rings. The molecular formula is C28H31N3O5. The van der Waals surface area contributed by atoms with E-state index >= 15 is 0 Å². The summed E-state index contributed by atoms with van der Waals surface area (Å²) in [5.74, 6) is 3.11. The lowest BCUT2D eigenvalue weighted by atomic mass is 10.1. The topological polar surface area (TPSA) is 78.1 Å². The molecule has 8 nitrogen and oxygen atoms in total. The average molecular weight is 490 g/mol. The molecule has 0 spiro atoms. The molecule has 0 aliphatic carbocycles. The van der Waals surface area contributed by atoms with Gasteiger partial charge >= 0.3 is 0 Å². The minimum Gasteiger partial charge on any atom is -0.496 e. The third-order valence-corrected chi connectivity index (χ3v) is 6.06. The van der Waals surface area contributed by atoms with Crippen molar-refractivity contribution in [2.75, 3.05) is 59.8 Å². The standard InChI is InChI=1S/C28H31N3O5/c1-32-27-20-25(34-15-12-31-10-13-33-14-11-31)8-5-22(27)4-7-24-19-23(29-30-24)6-2-21-3-9-26-28(18-21)36-17-16-35-26/h2-9,18-20H,10-17H2,1H3,(H,29,30). The van der Waals surface area contributed by atoms with Gasteiger partial charge in [0, 0.05) is 31.3 Å². The smallest absolute Gasteiger partial charge is 0.161 e. The fourth-order valence-corrected chi connectivity index (χ4v) is 4.08. The minimum atomic E-state index is 0.575. The second-order valence-corrected chi connectivity index (χ2v) is 8.52. The Labute approximate surface area is 211 Å². The number of methoxy groups -OCH3 is 1. The summed E-state index contributed by atoms with van der Waals surface area (Å²) < 4.78 is 28.1. The van der Waals surface area contributed by atoms with Gasteiger partial charge in [-0.15, -0.1) is 0 Å². The number of fused-ring (bicyclic) bond motifs is 1. The third kappa shape index (κ3) is 6.27. The normalized spacial score (nSPS) is 16.0. The Morgan fingerprint density at radius 3 is 2.64 bits per heavy atom. The predicted octanol–water partition coefficient (Wildman–Crippen LogP) is 4.24. The van der Waals surface area contributed by atoms with E-state index in [1.165, 1.54) is 0 Å². The Balaban J connectivity index is 1.17. The first-order chi connectivity index (χ1) is 17.8. The molecule has 2 aliphatic rings. The monoisotopic (exact) mass is 489 g/mol. The molecule has 0 bridgehead atoms. The Kier molecular flexibility index (Phi) is 7.85. The van der Waals surface area contributed by atoms with Crippen molar-refractivity contribution in [3.63, 3.8) is 0 Å². The highest BCUT2D eigenvalue weighted by Gasteiger charge is 2.11. The summed E-state index contributed by atoms with van der Waals surface area (Å²) in [6.07, 6.45) is 7.94. The van der Waals surface area contributed by atoms with Crippen LogP contribution in [0.25, 0.3) is 24.3 Å². The van der Waals surface area contributed by atoms with E-state index in [4.69, 9.17) is 23.7 Å². The van der Waals surface area contributed by atoms with Crippen LogP contribution in [0.1, 0.15) is 22.5 Å². The van der Waals surface area contributed by atoms with Crippen molar-refractivity contribution in [1.29, 1.82) is 0 Å². The molecule has 2 aromatic carbocycles. The predicted molar refractivity (Wildman–Crippen MR) is 140 cm³/mol. The van der Waals surface area contributed by atoms with Crippen LogP contribution < -0.4 is 18.9 Å². The molecule has 1 N–H and O–H groups in total. The fraction of sp³-hybridized carbons (Fsp3) is 0.321. The lowest BCUT2D eigenvalue weighted by molar-refractivity contribution is 0.0322. The van der Waals surface area contributed by atoms with Gasteiger partial charge in [-0.1, -0.05) is 12.1 Å². The van der Waals surface area contributed by atoms with Crippen LogP contribution in [0.15, 0.2) is 42.5 Å². The van der Waals surface area contributed by atoms with Crippen molar-refractivity contribution in [3.8, 4) is 23.0 Å². The van der Waals surface area contributed by atoms with Crippen LogP contribution in [0.5, 0.6) is 23.0 Å². The molecule has 36 heavy (non-hydrogen) atoms. The number of aromatic nitrogens is 2. The van der Waals surface area contributed by atoms with E-state index in [0.29, 0.717) is 19.8 Å². The molecule has 0 atom stereocenters. The van der Waals surface area contributed by atoms with Crippen molar-refractivity contribution in [2.45, 2.75) is 0 Å². The molecule has 5 rings (SSSR count). The zero-order valence-corrected chi connectivity index (χ0v) is 20.4. The number of aromatic amines is 1. The number of nitrogens with one attached hydrogen (secondary N) is 1. The molecule has 1 fully saturated rings. The van der Waals surface area contributed by atoms with Crippen LogP contribution in [-0.2, 0) is 4.74 Å². The second-order valence-electron chi connectivity index (χ2n) is 8.52. The molecule has 0 unspecified atom stereocenters. The quantitative estimate of drug-likeness (QED) is 0.482. The summed E-state index contributed by atoms with van der Waals surface area (Å²) in [5, 5.41) is 7.44. The minimum absolute atomic E-state index is 0.575. The first kappa shape index (κ1) is 24.0. The SMILES string of the molecule is COc1cc(OCCN2CCOCC2)ccc1C=Cc1cc(C=Cc2ccc3c(c2)OCCO3)[nH]n1. The van der Waals surface area contributed by atoms with Crippen LogP contribution in [0.4, 0.5) is 0 Å². The third-order valence-electron chi connectivity index (χ3n) is 6.06. The maximum atomic E-state index is 5.94. The lowest BCUT2D eigenvalue weighted by Crippen LogP contribution is -2.38. The fourth-order valence-electron chi connectivity index (χ4n) is 4.08. The molecule has 2 aliphatic heterocycles. The maximum absolute atomic E-state index is 5.94. The molecule has 0 radical (unpaired) electrons. The largest absolute Gasteiger partial charge is 0.496 e. The van der Waals surface area contributed by atoms with E-state index in [1.807, 2.05) is 66.8 Å². The number of nitrogens with zero attached hydrogens (tertiary/aromatic N) is 2. The van der Waals surface area contributed by atoms with Crippen LogP contribution in [0, 0.1) is 0 Å². The zero-order valence-electron chi connectivity index (χ0n) is 20.4. The van der Waals surface area contributed by atoms with Gasteiger partial charge in [0.05, 0.1) is 31.7 Å². The number of ether oxygens (including phenoxy) is 5. The summed E-state index contributed by atoms with van der Waals surface area (Å²) in [6.45, 7) is 6.19. The van der Waals surface area contributed by atoms with E-state index in [-0.39, 0.29) is 0 Å². The van der Waals surface area contributed by atoms with Crippen LogP contribution in [0.3, 0.4) is 0 Å². The highest BCUT2D eigenvalue weighted by atomic mass is 16.6. The van der Waals surface area contributed by atoms with E-state index in [9.17, 15) is 0 Å². The average Bonchev–Trinajstić information content (AvgIpc) is 3.39. The zero-order chi connectivity index (χ0) is 24.6. The van der Waals surface area contributed by atoms with Crippen LogP contribution in [0.2, 0.25) is 0 Å². The number of benzene rings is 2. The van der Waals surface area contributed by atoms with Gasteiger partial charge in [-0.05, 0) is 54.1 Å². The van der Waals surface area contributed by atoms with Crippen molar-refractivity contribution < 1.29 is 23.7 Å². The van der Waals surface area contributed by atoms with Gasteiger partial charge < -0.3 is 23.7 Å². The van der Waals surface area contributed by atoms with Crippen molar-refractivity contribution in [3.05, 3.63) is 65.0 Å². The molecule has 0 amide bonds. The second kappa shape index (κ2) is 11.8. The summed E-state index contributed by atoms with van der Waals surface area (Å²) >= 11 is 0. The van der Waals surface area contributed by atoms with Crippen molar-refractivity contribution >= 4 is 24.3 Å². The number of hydrogen-bond acceptors (Lipinski definition) is 7. The summed E-state index contributed by atoms with van der Waals surface area (Å²) in [5.41, 5.74) is 3.71. The molecule has 1 aromatic heterocycles. The van der Waals surface area contributed by atoms with E-state index in [0.717, 1.165) is 78.4 Å². The molecule has 1 saturated heterocycles. The summed E-state index contributed by atoms with van der Waals surface area (Å²) in [7, 11) is 1.67. The van der Waals surface area contributed by atoms with Gasteiger partial charge in [-0.2, -0.15) is 5.10 Å². The highest BCUT2D eigenvalue weighted by molar-refractivity contribution is 5.74. The molecule has 188 valence electrons. The molecular weight excluding hydrogens is 458 g/mol. The van der Waals surface area contributed by atoms with E-state index in [1.54, 1.807) is 7.11 Å². The van der Waals surface area contributed by atoms with Crippen molar-refractivity contribution in [1.82, 2.24) is 15.1 Å². The van der Waals surface area contributed by atoms with Crippen molar-refractivity contribution in [2.24, 2.45) is 0 Å². The number of morpholine rings is 1. The first-order valence-corrected chi connectivity index (χ1v) is 12.2. The Bertz CT molecular complexity index is 1210. The maximum Gasteiger partial charge on any atom is 0.161 e. The van der Waals surface area contributed by atoms with Gasteiger partial charge in [-0.3, -0.25) is 10.00 Å². The van der Waals surface area contributed by atoms with Crippen LogP contribution in [-0.4, -0.2) is 74.9 Å². The molecule has 0 saturated carbocycles. The van der Waals surface area contributed by atoms with Gasteiger partial charge in [0.1, 0.15) is 31.3 Å². The van der Waals surface area contributed by atoms with Gasteiger partial charge in [0.2, 0.25) is 0 Å². The number of H-pyrrole nitrogens is 1. The number of hydrogen-bond donors (Lipinski definition) is 1. The summed E-state index contributed by atoms with van der Waals surface area (Å²) in [4.78, 5) is 2.35. The van der Waals surface area contributed by atoms with E-state index < -0.39 is 0 Å². The summed E-state index contributed by atoms with van der Waals surface area (Å²) in [6, 6.07) is 13.8. The Morgan fingerprint density at radius 2 is 1.78 bits per heavy atom.